The van der Waals surface area contributed by atoms with Gasteiger partial charge in [-0.2, -0.15) is 0 Å². The largest absolute Gasteiger partial charge is 0.493 e. The molecule has 0 aromatic heterocycles. The zero-order valence-corrected chi connectivity index (χ0v) is 13.0. The van der Waals surface area contributed by atoms with E-state index in [0.29, 0.717) is 6.04 Å². The summed E-state index contributed by atoms with van der Waals surface area (Å²) in [4.78, 5) is 0. The SMILES string of the molecule is CCCNC1CCC(Cc2cc(Cl)cc3c2OCC3)C1. The molecule has 1 saturated carbocycles. The third kappa shape index (κ3) is 3.12. The van der Waals surface area contributed by atoms with Crippen molar-refractivity contribution in [1.29, 1.82) is 0 Å². The van der Waals surface area contributed by atoms with Crippen LogP contribution in [0.25, 0.3) is 0 Å². The second-order valence-corrected chi connectivity index (χ2v) is 6.62. The molecule has 1 N–H and O–H groups in total. The van der Waals surface area contributed by atoms with Gasteiger partial charge in [0.15, 0.2) is 0 Å². The van der Waals surface area contributed by atoms with Crippen LogP contribution in [0.5, 0.6) is 5.75 Å². The fourth-order valence-corrected chi connectivity index (χ4v) is 3.87. The number of benzene rings is 1. The van der Waals surface area contributed by atoms with Crippen LogP contribution in [0.2, 0.25) is 5.02 Å². The zero-order chi connectivity index (χ0) is 13.9. The third-order valence-electron chi connectivity index (χ3n) is 4.56. The molecule has 0 spiro atoms. The molecule has 110 valence electrons. The van der Waals surface area contributed by atoms with Crippen molar-refractivity contribution in [2.45, 2.75) is 51.5 Å². The van der Waals surface area contributed by atoms with Crippen molar-refractivity contribution in [2.24, 2.45) is 5.92 Å². The van der Waals surface area contributed by atoms with Gasteiger partial charge < -0.3 is 10.1 Å². The molecule has 3 heteroatoms. The molecule has 0 radical (unpaired) electrons. The van der Waals surface area contributed by atoms with Crippen LogP contribution >= 0.6 is 11.6 Å². The van der Waals surface area contributed by atoms with Crippen LogP contribution in [0.4, 0.5) is 0 Å². The summed E-state index contributed by atoms with van der Waals surface area (Å²) in [5.41, 5.74) is 2.62. The van der Waals surface area contributed by atoms with Crippen molar-refractivity contribution < 1.29 is 4.74 Å². The Hall–Kier alpha value is -0.730. The lowest BCUT2D eigenvalue weighted by molar-refractivity contribution is 0.350. The average Bonchev–Trinajstić information content (AvgIpc) is 3.05. The minimum Gasteiger partial charge on any atom is -0.493 e. The summed E-state index contributed by atoms with van der Waals surface area (Å²) >= 11 is 6.24. The molecule has 2 aliphatic rings. The molecule has 1 heterocycles. The van der Waals surface area contributed by atoms with Crippen molar-refractivity contribution in [3.63, 3.8) is 0 Å². The number of hydrogen-bond donors (Lipinski definition) is 1. The first-order chi connectivity index (χ1) is 9.76. The first kappa shape index (κ1) is 14.2. The van der Waals surface area contributed by atoms with Gasteiger partial charge in [0.1, 0.15) is 5.75 Å². The molecule has 2 unspecified atom stereocenters. The molecule has 2 nitrogen and oxygen atoms in total. The first-order valence-electron chi connectivity index (χ1n) is 7.93. The van der Waals surface area contributed by atoms with Gasteiger partial charge in [-0.3, -0.25) is 0 Å². The van der Waals surface area contributed by atoms with Crippen LogP contribution in [0.1, 0.15) is 43.7 Å². The van der Waals surface area contributed by atoms with Crippen molar-refractivity contribution in [1.82, 2.24) is 5.32 Å². The van der Waals surface area contributed by atoms with Gasteiger partial charge in [0, 0.05) is 17.5 Å². The van der Waals surface area contributed by atoms with Crippen molar-refractivity contribution in [3.05, 3.63) is 28.3 Å². The van der Waals surface area contributed by atoms with Crippen LogP contribution in [-0.2, 0) is 12.8 Å². The molecule has 1 aliphatic heterocycles. The minimum absolute atomic E-state index is 0.716. The van der Waals surface area contributed by atoms with E-state index >= 15 is 0 Å². The molecule has 1 aromatic rings. The lowest BCUT2D eigenvalue weighted by atomic mass is 9.95. The Balaban J connectivity index is 1.64. The Kier molecular flexibility index (Phi) is 4.52. The zero-order valence-electron chi connectivity index (χ0n) is 12.3. The van der Waals surface area contributed by atoms with Gasteiger partial charge in [0.2, 0.25) is 0 Å². The number of fused-ring (bicyclic) bond motifs is 1. The molecule has 2 atom stereocenters. The van der Waals surface area contributed by atoms with Crippen LogP contribution < -0.4 is 10.1 Å². The number of hydrogen-bond acceptors (Lipinski definition) is 2. The van der Waals surface area contributed by atoms with E-state index in [1.54, 1.807) is 0 Å². The highest BCUT2D eigenvalue weighted by Gasteiger charge is 2.26. The van der Waals surface area contributed by atoms with Gasteiger partial charge in [-0.25, -0.2) is 0 Å². The molecule has 0 saturated heterocycles. The van der Waals surface area contributed by atoms with E-state index in [-0.39, 0.29) is 0 Å². The maximum absolute atomic E-state index is 6.24. The Bertz CT molecular complexity index is 474. The molecule has 0 amide bonds. The Morgan fingerprint density at radius 3 is 3.10 bits per heavy atom. The van der Waals surface area contributed by atoms with E-state index in [4.69, 9.17) is 16.3 Å². The maximum Gasteiger partial charge on any atom is 0.125 e. The molecule has 1 fully saturated rings. The summed E-state index contributed by atoms with van der Waals surface area (Å²) in [5.74, 6) is 1.90. The number of halogens is 1. The predicted molar refractivity (Wildman–Crippen MR) is 83.8 cm³/mol. The van der Waals surface area contributed by atoms with Crippen LogP contribution in [-0.4, -0.2) is 19.2 Å². The van der Waals surface area contributed by atoms with Gasteiger partial charge in [0.05, 0.1) is 6.61 Å². The summed E-state index contributed by atoms with van der Waals surface area (Å²) < 4.78 is 5.81. The van der Waals surface area contributed by atoms with Crippen molar-refractivity contribution >= 4 is 11.6 Å². The Morgan fingerprint density at radius 2 is 2.25 bits per heavy atom. The third-order valence-corrected chi connectivity index (χ3v) is 4.78. The highest BCUT2D eigenvalue weighted by molar-refractivity contribution is 6.30. The lowest BCUT2D eigenvalue weighted by Gasteiger charge is -2.15. The summed E-state index contributed by atoms with van der Waals surface area (Å²) in [6.07, 6.45) is 7.27. The topological polar surface area (TPSA) is 21.3 Å². The summed E-state index contributed by atoms with van der Waals surface area (Å²) in [7, 11) is 0. The second-order valence-electron chi connectivity index (χ2n) is 6.19. The molecule has 20 heavy (non-hydrogen) atoms. The molecule has 0 bridgehead atoms. The van der Waals surface area contributed by atoms with Gasteiger partial charge in [-0.05, 0) is 67.8 Å². The lowest BCUT2D eigenvalue weighted by Crippen LogP contribution is -2.27. The quantitative estimate of drug-likeness (QED) is 0.886. The molecule has 1 aromatic carbocycles. The number of ether oxygens (including phenoxy) is 1. The summed E-state index contributed by atoms with van der Waals surface area (Å²) in [5, 5.41) is 4.52. The Labute approximate surface area is 126 Å². The van der Waals surface area contributed by atoms with E-state index < -0.39 is 0 Å². The van der Waals surface area contributed by atoms with E-state index in [0.717, 1.165) is 42.7 Å². The van der Waals surface area contributed by atoms with E-state index in [9.17, 15) is 0 Å². The number of rotatable bonds is 5. The monoisotopic (exact) mass is 293 g/mol. The summed E-state index contributed by atoms with van der Waals surface area (Å²) in [6.45, 7) is 4.19. The molecular weight excluding hydrogens is 270 g/mol. The highest BCUT2D eigenvalue weighted by Crippen LogP contribution is 2.37. The van der Waals surface area contributed by atoms with Crippen LogP contribution in [0.3, 0.4) is 0 Å². The number of nitrogens with one attached hydrogen (secondary N) is 1. The first-order valence-corrected chi connectivity index (χ1v) is 8.31. The predicted octanol–water partition coefficient (Wildman–Crippen LogP) is 3.99. The highest BCUT2D eigenvalue weighted by atomic mass is 35.5. The standard InChI is InChI=1S/C17H24ClNO/c1-2-6-19-16-4-3-12(9-16)8-14-11-15(18)10-13-5-7-20-17(13)14/h10-12,16,19H,2-9H2,1H3. The van der Waals surface area contributed by atoms with Crippen LogP contribution in [0, 0.1) is 5.92 Å². The van der Waals surface area contributed by atoms with Gasteiger partial charge >= 0.3 is 0 Å². The normalized spacial score (nSPS) is 24.7. The van der Waals surface area contributed by atoms with Gasteiger partial charge in [-0.1, -0.05) is 18.5 Å². The second kappa shape index (κ2) is 6.36. The minimum atomic E-state index is 0.716. The molecule has 3 rings (SSSR count). The smallest absolute Gasteiger partial charge is 0.125 e. The van der Waals surface area contributed by atoms with E-state index in [1.807, 2.05) is 0 Å². The van der Waals surface area contributed by atoms with Crippen molar-refractivity contribution in [2.75, 3.05) is 13.2 Å². The van der Waals surface area contributed by atoms with E-state index in [1.165, 1.54) is 36.8 Å². The van der Waals surface area contributed by atoms with Gasteiger partial charge in [0.25, 0.3) is 0 Å². The van der Waals surface area contributed by atoms with Gasteiger partial charge in [-0.15, -0.1) is 0 Å². The average molecular weight is 294 g/mol. The van der Waals surface area contributed by atoms with Crippen LogP contribution in [0.15, 0.2) is 12.1 Å². The fourth-order valence-electron chi connectivity index (χ4n) is 3.60. The summed E-state index contributed by atoms with van der Waals surface area (Å²) in [6, 6.07) is 4.89. The van der Waals surface area contributed by atoms with Crippen molar-refractivity contribution in [3.8, 4) is 5.75 Å². The molecular formula is C17H24ClNO. The maximum atomic E-state index is 6.24. The molecule has 1 aliphatic carbocycles. The Morgan fingerprint density at radius 1 is 1.35 bits per heavy atom. The fraction of sp³-hybridized carbons (Fsp3) is 0.647. The van der Waals surface area contributed by atoms with E-state index in [2.05, 4.69) is 24.4 Å².